The van der Waals surface area contributed by atoms with Crippen LogP contribution in [0.1, 0.15) is 103 Å². The van der Waals surface area contributed by atoms with Crippen LogP contribution < -0.4 is 10.6 Å². The Hall–Kier alpha value is -1.71. The lowest BCUT2D eigenvalue weighted by Gasteiger charge is -2.21. The maximum atomic E-state index is 11.7. The van der Waals surface area contributed by atoms with Crippen LogP contribution in [-0.4, -0.2) is 17.7 Å². The molecule has 0 aliphatic rings. The molecule has 0 aromatic heterocycles. The lowest BCUT2D eigenvalue weighted by Crippen LogP contribution is -2.36. The summed E-state index contributed by atoms with van der Waals surface area (Å²) in [5, 5.41) is 9.91. The Balaban J connectivity index is 1.97. The van der Waals surface area contributed by atoms with Crippen molar-refractivity contribution in [3.8, 4) is 5.75 Å². The van der Waals surface area contributed by atoms with E-state index in [0.717, 1.165) is 12.8 Å². The molecule has 0 spiro atoms. The number of para-hydroxylation sites is 2. The summed E-state index contributed by atoms with van der Waals surface area (Å²) >= 11 is 0. The molecule has 0 radical (unpaired) electrons. The molecule has 0 unspecified atom stereocenters. The molecule has 1 rings (SSSR count). The van der Waals surface area contributed by atoms with Gasteiger partial charge in [-0.25, -0.2) is 4.79 Å². The van der Waals surface area contributed by atoms with Gasteiger partial charge in [0.25, 0.3) is 0 Å². The first-order valence-corrected chi connectivity index (χ1v) is 11.5. The minimum Gasteiger partial charge on any atom is -0.506 e. The monoisotopic (exact) mass is 390 g/mol. The number of hydrogen-bond acceptors (Lipinski definition) is 2. The van der Waals surface area contributed by atoms with Gasteiger partial charge in [0, 0.05) is 6.54 Å². The number of phenols is 1. The molecule has 0 saturated carbocycles. The quantitative estimate of drug-likeness (QED) is 0.277. The number of benzene rings is 1. The van der Waals surface area contributed by atoms with Crippen molar-refractivity contribution in [2.24, 2.45) is 5.73 Å². The molecular weight excluding hydrogens is 348 g/mol. The third-order valence-corrected chi connectivity index (χ3v) is 5.42. The summed E-state index contributed by atoms with van der Waals surface area (Å²) < 4.78 is 0. The van der Waals surface area contributed by atoms with Crippen molar-refractivity contribution in [2.75, 3.05) is 11.4 Å². The van der Waals surface area contributed by atoms with Crippen LogP contribution in [0, 0.1) is 0 Å². The van der Waals surface area contributed by atoms with E-state index in [0.29, 0.717) is 12.2 Å². The van der Waals surface area contributed by atoms with Crippen molar-refractivity contribution in [1.29, 1.82) is 0 Å². The molecule has 2 amide bonds. The van der Waals surface area contributed by atoms with Crippen LogP contribution in [0.15, 0.2) is 24.3 Å². The van der Waals surface area contributed by atoms with Gasteiger partial charge in [-0.2, -0.15) is 0 Å². The van der Waals surface area contributed by atoms with E-state index in [1.54, 1.807) is 24.3 Å². The number of carbonyl (C=O) groups is 1. The lowest BCUT2D eigenvalue weighted by molar-refractivity contribution is 0.253. The van der Waals surface area contributed by atoms with Gasteiger partial charge < -0.3 is 10.8 Å². The first-order valence-electron chi connectivity index (χ1n) is 11.5. The van der Waals surface area contributed by atoms with Crippen LogP contribution in [0.3, 0.4) is 0 Å². The van der Waals surface area contributed by atoms with Crippen molar-refractivity contribution in [1.82, 2.24) is 0 Å². The standard InChI is InChI=1S/C24H42N2O2/c1-2-3-4-5-6-7-8-9-10-11-12-13-14-15-18-21-26(24(25)28)22-19-16-17-20-23(22)27/h16-17,19-20,27H,2-15,18,21H2,1H3,(H2,25,28). The predicted molar refractivity (Wildman–Crippen MR) is 120 cm³/mol. The van der Waals surface area contributed by atoms with E-state index < -0.39 is 6.03 Å². The molecule has 0 saturated heterocycles. The van der Waals surface area contributed by atoms with Crippen LogP contribution in [0.4, 0.5) is 10.5 Å². The third kappa shape index (κ3) is 11.2. The van der Waals surface area contributed by atoms with Crippen molar-refractivity contribution in [3.63, 3.8) is 0 Å². The molecule has 0 aliphatic carbocycles. The molecular formula is C24H42N2O2. The summed E-state index contributed by atoms with van der Waals surface area (Å²) in [6.07, 6.45) is 19.7. The van der Waals surface area contributed by atoms with Crippen LogP contribution in [0.5, 0.6) is 5.75 Å². The predicted octanol–water partition coefficient (Wildman–Crippen LogP) is 7.15. The summed E-state index contributed by atoms with van der Waals surface area (Å²) in [5.74, 6) is 0.0993. The van der Waals surface area contributed by atoms with Gasteiger partial charge in [-0.15, -0.1) is 0 Å². The topological polar surface area (TPSA) is 66.6 Å². The number of unbranched alkanes of at least 4 members (excludes halogenated alkanes) is 14. The molecule has 28 heavy (non-hydrogen) atoms. The first kappa shape index (κ1) is 24.3. The van der Waals surface area contributed by atoms with Gasteiger partial charge in [0.15, 0.2) is 0 Å². The molecule has 0 fully saturated rings. The van der Waals surface area contributed by atoms with Gasteiger partial charge in [-0.05, 0) is 18.6 Å². The Morgan fingerprint density at radius 3 is 1.64 bits per heavy atom. The molecule has 1 aromatic rings. The number of phenolic OH excluding ortho intramolecular Hbond substituents is 1. The second kappa shape index (κ2) is 16.3. The first-order chi connectivity index (χ1) is 13.7. The second-order valence-corrected chi connectivity index (χ2v) is 7.93. The molecule has 160 valence electrons. The Morgan fingerprint density at radius 2 is 1.21 bits per heavy atom. The van der Waals surface area contributed by atoms with Crippen molar-refractivity contribution < 1.29 is 9.90 Å². The zero-order valence-electron chi connectivity index (χ0n) is 18.0. The average Bonchev–Trinajstić information content (AvgIpc) is 2.68. The largest absolute Gasteiger partial charge is 0.506 e. The van der Waals surface area contributed by atoms with Crippen LogP contribution in [0.25, 0.3) is 0 Å². The Kier molecular flexibility index (Phi) is 14.1. The highest BCUT2D eigenvalue weighted by Crippen LogP contribution is 2.26. The number of anilines is 1. The van der Waals surface area contributed by atoms with Crippen molar-refractivity contribution in [3.05, 3.63) is 24.3 Å². The second-order valence-electron chi connectivity index (χ2n) is 7.93. The number of carbonyl (C=O) groups excluding carboxylic acids is 1. The van der Waals surface area contributed by atoms with Crippen LogP contribution >= 0.6 is 0 Å². The van der Waals surface area contributed by atoms with E-state index >= 15 is 0 Å². The number of rotatable bonds is 17. The number of nitrogens with two attached hydrogens (primary N) is 1. The fourth-order valence-electron chi connectivity index (χ4n) is 3.68. The van der Waals surface area contributed by atoms with Gasteiger partial charge >= 0.3 is 6.03 Å². The highest BCUT2D eigenvalue weighted by molar-refractivity contribution is 5.92. The maximum Gasteiger partial charge on any atom is 0.319 e. The number of primary amides is 1. The molecule has 4 heteroatoms. The average molecular weight is 391 g/mol. The zero-order chi connectivity index (χ0) is 20.5. The van der Waals surface area contributed by atoms with E-state index in [1.807, 2.05) is 0 Å². The molecule has 4 nitrogen and oxygen atoms in total. The Bertz CT molecular complexity index is 519. The fraction of sp³-hybridized carbons (Fsp3) is 0.708. The van der Waals surface area contributed by atoms with Gasteiger partial charge in [0.1, 0.15) is 5.75 Å². The minimum absolute atomic E-state index is 0.0993. The highest BCUT2D eigenvalue weighted by Gasteiger charge is 2.14. The highest BCUT2D eigenvalue weighted by atomic mass is 16.3. The molecule has 0 atom stereocenters. The van der Waals surface area contributed by atoms with E-state index in [2.05, 4.69) is 6.92 Å². The molecule has 3 N–H and O–H groups in total. The van der Waals surface area contributed by atoms with Crippen molar-refractivity contribution in [2.45, 2.75) is 103 Å². The van der Waals surface area contributed by atoms with E-state index in [-0.39, 0.29) is 5.75 Å². The molecule has 0 heterocycles. The maximum absolute atomic E-state index is 11.7. The smallest absolute Gasteiger partial charge is 0.319 e. The number of hydrogen-bond donors (Lipinski definition) is 2. The normalized spacial score (nSPS) is 10.9. The fourth-order valence-corrected chi connectivity index (χ4v) is 3.68. The van der Waals surface area contributed by atoms with E-state index in [1.165, 1.54) is 88.4 Å². The Labute approximate surface area is 172 Å². The van der Waals surface area contributed by atoms with Gasteiger partial charge in [-0.3, -0.25) is 4.90 Å². The van der Waals surface area contributed by atoms with E-state index in [9.17, 15) is 9.90 Å². The molecule has 1 aromatic carbocycles. The number of amides is 2. The van der Waals surface area contributed by atoms with E-state index in [4.69, 9.17) is 5.73 Å². The van der Waals surface area contributed by atoms with Gasteiger partial charge in [0.2, 0.25) is 0 Å². The summed E-state index contributed by atoms with van der Waals surface area (Å²) in [4.78, 5) is 13.1. The molecule has 0 bridgehead atoms. The third-order valence-electron chi connectivity index (χ3n) is 5.42. The number of aromatic hydroxyl groups is 1. The van der Waals surface area contributed by atoms with Crippen LogP contribution in [-0.2, 0) is 0 Å². The number of urea groups is 1. The minimum atomic E-state index is -0.508. The van der Waals surface area contributed by atoms with Crippen molar-refractivity contribution >= 4 is 11.7 Å². The summed E-state index contributed by atoms with van der Waals surface area (Å²) in [6, 6.07) is 6.35. The van der Waals surface area contributed by atoms with Gasteiger partial charge in [-0.1, -0.05) is 109 Å². The zero-order valence-corrected chi connectivity index (χ0v) is 18.0. The molecule has 0 aliphatic heterocycles. The van der Waals surface area contributed by atoms with Crippen LogP contribution in [0.2, 0.25) is 0 Å². The summed E-state index contributed by atoms with van der Waals surface area (Å²) in [6.45, 7) is 2.83. The summed E-state index contributed by atoms with van der Waals surface area (Å²) in [5.41, 5.74) is 5.97. The summed E-state index contributed by atoms with van der Waals surface area (Å²) in [7, 11) is 0. The Morgan fingerprint density at radius 1 is 0.786 bits per heavy atom. The van der Waals surface area contributed by atoms with Gasteiger partial charge in [0.05, 0.1) is 5.69 Å². The lowest BCUT2D eigenvalue weighted by atomic mass is 10.0. The SMILES string of the molecule is CCCCCCCCCCCCCCCCCN(C(N)=O)c1ccccc1O. The number of nitrogens with zero attached hydrogens (tertiary/aromatic N) is 1.